The predicted octanol–water partition coefficient (Wildman–Crippen LogP) is 3.25. The highest BCUT2D eigenvalue weighted by Gasteiger charge is 2.20. The summed E-state index contributed by atoms with van der Waals surface area (Å²) in [5, 5.41) is 3.33. The van der Waals surface area contributed by atoms with Crippen LogP contribution in [0.5, 0.6) is 0 Å². The molecule has 7 heteroatoms. The molecule has 0 saturated heterocycles. The Morgan fingerprint density at radius 3 is 2.76 bits per heavy atom. The number of anilines is 2. The first kappa shape index (κ1) is 14.2. The van der Waals surface area contributed by atoms with Crippen LogP contribution in [0.2, 0.25) is 5.02 Å². The minimum atomic E-state index is -3.98. The number of hydrogen-bond acceptors (Lipinski definition) is 3. The maximum atomic E-state index is 13.8. The highest BCUT2D eigenvalue weighted by molar-refractivity contribution is 7.92. The maximum absolute atomic E-state index is 13.8. The van der Waals surface area contributed by atoms with E-state index < -0.39 is 20.7 Å². The Morgan fingerprint density at radius 1 is 1.19 bits per heavy atom. The third-order valence-corrected chi connectivity index (χ3v) is 4.90. The van der Waals surface area contributed by atoms with Gasteiger partial charge in [0.2, 0.25) is 0 Å². The molecule has 0 spiro atoms. The van der Waals surface area contributed by atoms with Gasteiger partial charge >= 0.3 is 0 Å². The van der Waals surface area contributed by atoms with Crippen molar-refractivity contribution >= 4 is 33.0 Å². The summed E-state index contributed by atoms with van der Waals surface area (Å²) in [7, 11) is -3.98. The third-order valence-electron chi connectivity index (χ3n) is 3.25. The van der Waals surface area contributed by atoms with Crippen LogP contribution in [0.15, 0.2) is 41.3 Å². The molecule has 0 bridgehead atoms. The van der Waals surface area contributed by atoms with Gasteiger partial charge in [0.15, 0.2) is 0 Å². The molecule has 0 unspecified atom stereocenters. The van der Waals surface area contributed by atoms with Crippen LogP contribution in [0.25, 0.3) is 0 Å². The summed E-state index contributed by atoms with van der Waals surface area (Å²) in [5.74, 6) is -0.877. The molecule has 0 radical (unpaired) electrons. The van der Waals surface area contributed by atoms with Crippen molar-refractivity contribution < 1.29 is 12.8 Å². The number of rotatable bonds is 3. The predicted molar refractivity (Wildman–Crippen MR) is 80.9 cm³/mol. The van der Waals surface area contributed by atoms with E-state index in [0.29, 0.717) is 5.69 Å². The van der Waals surface area contributed by atoms with Crippen LogP contribution in [0.4, 0.5) is 15.8 Å². The van der Waals surface area contributed by atoms with Crippen LogP contribution in [0.1, 0.15) is 5.56 Å². The first-order valence-corrected chi connectivity index (χ1v) is 8.16. The Morgan fingerprint density at radius 2 is 2.00 bits per heavy atom. The molecule has 1 aliphatic rings. The van der Waals surface area contributed by atoms with E-state index in [-0.39, 0.29) is 5.02 Å². The number of benzene rings is 2. The van der Waals surface area contributed by atoms with Crippen molar-refractivity contribution in [3.8, 4) is 0 Å². The second kappa shape index (κ2) is 5.20. The zero-order valence-corrected chi connectivity index (χ0v) is 12.4. The van der Waals surface area contributed by atoms with Crippen molar-refractivity contribution in [1.29, 1.82) is 0 Å². The molecule has 0 fully saturated rings. The summed E-state index contributed by atoms with van der Waals surface area (Å²) in [6.07, 6.45) is 0.834. The van der Waals surface area contributed by atoms with Gasteiger partial charge in [-0.15, -0.1) is 0 Å². The van der Waals surface area contributed by atoms with Crippen LogP contribution < -0.4 is 10.0 Å². The largest absolute Gasteiger partial charge is 0.384 e. The Labute approximate surface area is 127 Å². The summed E-state index contributed by atoms with van der Waals surface area (Å²) in [4.78, 5) is -0.425. The smallest absolute Gasteiger partial charge is 0.264 e. The summed E-state index contributed by atoms with van der Waals surface area (Å²) in [5.41, 5.74) is 2.44. The Bertz CT molecular complexity index is 809. The average molecular weight is 327 g/mol. The molecule has 0 amide bonds. The van der Waals surface area contributed by atoms with E-state index >= 15 is 0 Å². The molecular weight excluding hydrogens is 315 g/mol. The van der Waals surface area contributed by atoms with Crippen LogP contribution in [0, 0.1) is 5.82 Å². The lowest BCUT2D eigenvalue weighted by atomic mass is 10.1. The molecule has 2 aromatic carbocycles. The fourth-order valence-electron chi connectivity index (χ4n) is 2.27. The molecule has 1 aliphatic heterocycles. The fourth-order valence-corrected chi connectivity index (χ4v) is 3.54. The maximum Gasteiger partial charge on any atom is 0.264 e. The molecule has 110 valence electrons. The van der Waals surface area contributed by atoms with E-state index in [0.717, 1.165) is 36.3 Å². The molecule has 0 aromatic heterocycles. The quantitative estimate of drug-likeness (QED) is 0.910. The second-order valence-electron chi connectivity index (χ2n) is 4.73. The SMILES string of the molecule is O=S(=O)(Nc1ccc2c(c1)CCN2)c1ccc(Cl)cc1F. The zero-order valence-electron chi connectivity index (χ0n) is 10.9. The molecular formula is C14H12ClFN2O2S. The third kappa shape index (κ3) is 2.82. The molecule has 21 heavy (non-hydrogen) atoms. The number of halogens is 2. The minimum absolute atomic E-state index is 0.148. The topological polar surface area (TPSA) is 58.2 Å². The van der Waals surface area contributed by atoms with Gasteiger partial charge in [-0.3, -0.25) is 4.72 Å². The highest BCUT2D eigenvalue weighted by atomic mass is 35.5. The van der Waals surface area contributed by atoms with Crippen LogP contribution in [0.3, 0.4) is 0 Å². The molecule has 3 rings (SSSR count). The van der Waals surface area contributed by atoms with Crippen molar-refractivity contribution in [1.82, 2.24) is 0 Å². The lowest BCUT2D eigenvalue weighted by Gasteiger charge is -2.10. The van der Waals surface area contributed by atoms with Crippen molar-refractivity contribution in [3.63, 3.8) is 0 Å². The Hall–Kier alpha value is -1.79. The van der Waals surface area contributed by atoms with Crippen LogP contribution >= 0.6 is 11.6 Å². The molecule has 2 aromatic rings. The summed E-state index contributed by atoms with van der Waals surface area (Å²) < 4.78 is 40.6. The van der Waals surface area contributed by atoms with Crippen molar-refractivity contribution in [2.45, 2.75) is 11.3 Å². The Balaban J connectivity index is 1.92. The van der Waals surface area contributed by atoms with Gasteiger partial charge in [-0.2, -0.15) is 0 Å². The summed E-state index contributed by atoms with van der Waals surface area (Å²) >= 11 is 5.63. The van der Waals surface area contributed by atoms with E-state index in [4.69, 9.17) is 11.6 Å². The van der Waals surface area contributed by atoms with E-state index in [1.54, 1.807) is 18.2 Å². The molecule has 0 atom stereocenters. The average Bonchev–Trinajstić information content (AvgIpc) is 2.85. The highest BCUT2D eigenvalue weighted by Crippen LogP contribution is 2.27. The fraction of sp³-hybridized carbons (Fsp3) is 0.143. The van der Waals surface area contributed by atoms with Gasteiger partial charge in [-0.1, -0.05) is 11.6 Å². The Kier molecular flexibility index (Phi) is 3.51. The van der Waals surface area contributed by atoms with Crippen molar-refractivity contribution in [2.75, 3.05) is 16.6 Å². The lowest BCUT2D eigenvalue weighted by Crippen LogP contribution is -2.14. The number of fused-ring (bicyclic) bond motifs is 1. The van der Waals surface area contributed by atoms with Gasteiger partial charge in [-0.25, -0.2) is 12.8 Å². The number of hydrogen-bond donors (Lipinski definition) is 2. The van der Waals surface area contributed by atoms with Gasteiger partial charge in [0.05, 0.1) is 0 Å². The second-order valence-corrected chi connectivity index (χ2v) is 6.82. The molecule has 0 aliphatic carbocycles. The first-order chi connectivity index (χ1) is 9.95. The van der Waals surface area contributed by atoms with Crippen molar-refractivity contribution in [3.05, 3.63) is 52.8 Å². The van der Waals surface area contributed by atoms with Gasteiger partial charge in [-0.05, 0) is 48.4 Å². The first-order valence-electron chi connectivity index (χ1n) is 6.30. The number of nitrogens with one attached hydrogen (secondary N) is 2. The molecule has 4 nitrogen and oxygen atoms in total. The van der Waals surface area contributed by atoms with E-state index in [9.17, 15) is 12.8 Å². The van der Waals surface area contributed by atoms with Crippen LogP contribution in [-0.2, 0) is 16.4 Å². The molecule has 2 N–H and O–H groups in total. The normalized spacial score (nSPS) is 13.6. The standard InChI is InChI=1S/C14H12ClFN2O2S/c15-10-1-4-14(12(16)8-10)21(19,20)18-11-2-3-13-9(7-11)5-6-17-13/h1-4,7-8,17-18H,5-6H2. The summed E-state index contributed by atoms with van der Waals surface area (Å²) in [6, 6.07) is 8.66. The van der Waals surface area contributed by atoms with Crippen LogP contribution in [-0.4, -0.2) is 15.0 Å². The van der Waals surface area contributed by atoms with E-state index in [1.807, 2.05) is 0 Å². The number of sulfonamides is 1. The van der Waals surface area contributed by atoms with Crippen molar-refractivity contribution in [2.24, 2.45) is 0 Å². The molecule has 0 saturated carbocycles. The van der Waals surface area contributed by atoms with E-state index in [1.165, 1.54) is 6.07 Å². The monoisotopic (exact) mass is 326 g/mol. The lowest BCUT2D eigenvalue weighted by molar-refractivity contribution is 0.570. The van der Waals surface area contributed by atoms with Gasteiger partial charge in [0, 0.05) is 22.9 Å². The summed E-state index contributed by atoms with van der Waals surface area (Å²) in [6.45, 7) is 0.831. The van der Waals surface area contributed by atoms with Gasteiger partial charge in [0.1, 0.15) is 10.7 Å². The zero-order chi connectivity index (χ0) is 15.0. The minimum Gasteiger partial charge on any atom is -0.384 e. The van der Waals surface area contributed by atoms with E-state index in [2.05, 4.69) is 10.0 Å². The van der Waals surface area contributed by atoms with Gasteiger partial charge < -0.3 is 5.32 Å². The molecule has 1 heterocycles. The van der Waals surface area contributed by atoms with Gasteiger partial charge in [0.25, 0.3) is 10.0 Å².